The highest BCUT2D eigenvalue weighted by Gasteiger charge is 2.28. The molecule has 1 unspecified atom stereocenters. The second-order valence-electron chi connectivity index (χ2n) is 6.08. The molecule has 120 valence electrons. The van der Waals surface area contributed by atoms with Gasteiger partial charge in [-0.25, -0.2) is 4.98 Å². The topological polar surface area (TPSA) is 61.9 Å². The molecule has 1 aliphatic rings. The van der Waals surface area contributed by atoms with Crippen LogP contribution in [0.1, 0.15) is 33.9 Å². The second-order valence-corrected chi connectivity index (χ2v) is 6.08. The Hall–Kier alpha value is -2.95. The van der Waals surface area contributed by atoms with Gasteiger partial charge in [-0.2, -0.15) is 5.10 Å². The van der Waals surface area contributed by atoms with E-state index >= 15 is 0 Å². The number of H-pyrrole nitrogens is 1. The highest BCUT2D eigenvalue weighted by molar-refractivity contribution is 5.94. The maximum atomic E-state index is 12.8. The van der Waals surface area contributed by atoms with E-state index in [-0.39, 0.29) is 11.9 Å². The van der Waals surface area contributed by atoms with Crippen molar-refractivity contribution >= 4 is 5.91 Å². The summed E-state index contributed by atoms with van der Waals surface area (Å²) in [5.74, 6) is 0.743. The first-order valence-electron chi connectivity index (χ1n) is 8.05. The number of fused-ring (bicyclic) bond motifs is 1. The molecule has 5 nitrogen and oxygen atoms in total. The van der Waals surface area contributed by atoms with Crippen LogP contribution in [0.25, 0.3) is 11.4 Å². The van der Waals surface area contributed by atoms with Gasteiger partial charge < -0.3 is 4.90 Å². The van der Waals surface area contributed by atoms with Gasteiger partial charge in [-0.1, -0.05) is 36.4 Å². The van der Waals surface area contributed by atoms with Gasteiger partial charge in [0, 0.05) is 18.2 Å². The Morgan fingerprint density at radius 3 is 2.71 bits per heavy atom. The van der Waals surface area contributed by atoms with Crippen molar-refractivity contribution in [1.29, 1.82) is 0 Å². The van der Waals surface area contributed by atoms with Gasteiger partial charge in [-0.05, 0) is 36.1 Å². The Labute approximate surface area is 140 Å². The number of rotatable bonds is 3. The first-order valence-corrected chi connectivity index (χ1v) is 8.05. The van der Waals surface area contributed by atoms with Crippen LogP contribution in [0.15, 0.2) is 54.9 Å². The van der Waals surface area contributed by atoms with Crippen molar-refractivity contribution in [3.63, 3.8) is 0 Å². The average molecular weight is 318 g/mol. The van der Waals surface area contributed by atoms with E-state index < -0.39 is 0 Å². The van der Waals surface area contributed by atoms with E-state index in [1.54, 1.807) is 0 Å². The summed E-state index contributed by atoms with van der Waals surface area (Å²) in [6, 6.07) is 16.0. The molecule has 0 radical (unpaired) electrons. The highest BCUT2D eigenvalue weighted by Crippen LogP contribution is 2.35. The zero-order valence-electron chi connectivity index (χ0n) is 13.4. The van der Waals surface area contributed by atoms with Gasteiger partial charge in [0.25, 0.3) is 5.91 Å². The number of aromatic nitrogens is 3. The number of nitrogens with zero attached hydrogens (tertiary/aromatic N) is 3. The lowest BCUT2D eigenvalue weighted by Crippen LogP contribution is -2.30. The summed E-state index contributed by atoms with van der Waals surface area (Å²) in [6.45, 7) is 0. The molecule has 4 rings (SSSR count). The molecular weight excluding hydrogens is 300 g/mol. The molecule has 5 heteroatoms. The molecule has 3 aromatic rings. The molecule has 2 aromatic carbocycles. The minimum atomic E-state index is 0.0424. The fourth-order valence-electron chi connectivity index (χ4n) is 3.40. The smallest absolute Gasteiger partial charge is 0.254 e. The van der Waals surface area contributed by atoms with Crippen LogP contribution in [-0.4, -0.2) is 33.0 Å². The van der Waals surface area contributed by atoms with Crippen molar-refractivity contribution in [2.45, 2.75) is 18.9 Å². The summed E-state index contributed by atoms with van der Waals surface area (Å²) in [5.41, 5.74) is 4.22. The van der Waals surface area contributed by atoms with Crippen LogP contribution in [0.4, 0.5) is 0 Å². The minimum absolute atomic E-state index is 0.0424. The van der Waals surface area contributed by atoms with E-state index in [1.165, 1.54) is 17.5 Å². The summed E-state index contributed by atoms with van der Waals surface area (Å²) < 4.78 is 0. The van der Waals surface area contributed by atoms with Crippen LogP contribution < -0.4 is 0 Å². The van der Waals surface area contributed by atoms with Crippen molar-refractivity contribution in [3.8, 4) is 11.4 Å². The van der Waals surface area contributed by atoms with Gasteiger partial charge in [0.05, 0.1) is 6.04 Å². The third-order valence-electron chi connectivity index (χ3n) is 4.71. The number of aryl methyl sites for hydroxylation is 1. The molecule has 1 aliphatic carbocycles. The lowest BCUT2D eigenvalue weighted by Gasteiger charge is -2.25. The Kier molecular flexibility index (Phi) is 3.61. The van der Waals surface area contributed by atoms with Gasteiger partial charge in [0.15, 0.2) is 5.82 Å². The number of carbonyl (C=O) groups excluding carboxylic acids is 1. The molecule has 0 saturated carbocycles. The van der Waals surface area contributed by atoms with Crippen molar-refractivity contribution in [2.24, 2.45) is 0 Å². The van der Waals surface area contributed by atoms with Crippen molar-refractivity contribution in [2.75, 3.05) is 7.05 Å². The maximum absolute atomic E-state index is 12.8. The van der Waals surface area contributed by atoms with Gasteiger partial charge in [0.1, 0.15) is 6.33 Å². The SMILES string of the molecule is CN(C(=O)c1ccc(-c2ncn[nH]2)cc1)C1CCc2ccccc21. The normalized spacial score (nSPS) is 16.0. The first-order chi connectivity index (χ1) is 11.7. The predicted molar refractivity (Wildman–Crippen MR) is 91.4 cm³/mol. The number of carbonyl (C=O) groups is 1. The molecule has 1 amide bonds. The summed E-state index contributed by atoms with van der Waals surface area (Å²) in [5, 5.41) is 6.67. The summed E-state index contributed by atoms with van der Waals surface area (Å²) in [4.78, 5) is 18.8. The zero-order chi connectivity index (χ0) is 16.5. The summed E-state index contributed by atoms with van der Waals surface area (Å²) >= 11 is 0. The van der Waals surface area contributed by atoms with Gasteiger partial charge in [0.2, 0.25) is 0 Å². The zero-order valence-corrected chi connectivity index (χ0v) is 13.4. The lowest BCUT2D eigenvalue weighted by atomic mass is 10.1. The number of aromatic amines is 1. The molecule has 0 fully saturated rings. The van der Waals surface area contributed by atoms with Gasteiger partial charge in [-0.3, -0.25) is 9.89 Å². The molecule has 0 spiro atoms. The second kappa shape index (κ2) is 5.92. The Balaban J connectivity index is 1.55. The van der Waals surface area contributed by atoms with E-state index in [4.69, 9.17) is 0 Å². The quantitative estimate of drug-likeness (QED) is 0.806. The molecule has 0 aliphatic heterocycles. The van der Waals surface area contributed by atoms with Crippen LogP contribution in [-0.2, 0) is 6.42 Å². The molecule has 1 heterocycles. The number of hydrogen-bond donors (Lipinski definition) is 1. The molecule has 24 heavy (non-hydrogen) atoms. The van der Waals surface area contributed by atoms with Crippen LogP contribution in [0.3, 0.4) is 0 Å². The molecule has 1 aromatic heterocycles. The summed E-state index contributed by atoms with van der Waals surface area (Å²) in [6.07, 6.45) is 3.49. The molecule has 1 N–H and O–H groups in total. The number of hydrogen-bond acceptors (Lipinski definition) is 3. The van der Waals surface area contributed by atoms with Crippen LogP contribution in [0.2, 0.25) is 0 Å². The summed E-state index contributed by atoms with van der Waals surface area (Å²) in [7, 11) is 1.89. The van der Waals surface area contributed by atoms with Crippen molar-refractivity contribution in [1.82, 2.24) is 20.1 Å². The first kappa shape index (κ1) is 14.6. The van der Waals surface area contributed by atoms with E-state index in [0.717, 1.165) is 18.4 Å². The average Bonchev–Trinajstić information content (AvgIpc) is 3.30. The fourth-order valence-corrected chi connectivity index (χ4v) is 3.40. The van der Waals surface area contributed by atoms with Crippen molar-refractivity contribution in [3.05, 3.63) is 71.5 Å². The molecule has 0 saturated heterocycles. The largest absolute Gasteiger partial charge is 0.335 e. The third kappa shape index (κ3) is 2.48. The third-order valence-corrected chi connectivity index (χ3v) is 4.71. The number of nitrogens with one attached hydrogen (secondary N) is 1. The Morgan fingerprint density at radius 2 is 1.96 bits per heavy atom. The van der Waals surface area contributed by atoms with Gasteiger partial charge >= 0.3 is 0 Å². The Morgan fingerprint density at radius 1 is 1.17 bits per heavy atom. The number of benzene rings is 2. The van der Waals surface area contributed by atoms with Crippen LogP contribution >= 0.6 is 0 Å². The standard InChI is InChI=1S/C19H18N4O/c1-23(17-11-10-13-4-2-3-5-16(13)17)19(24)15-8-6-14(7-9-15)18-20-12-21-22-18/h2-9,12,17H,10-11H2,1H3,(H,20,21,22). The molecular formula is C19H18N4O. The lowest BCUT2D eigenvalue weighted by molar-refractivity contribution is 0.0730. The highest BCUT2D eigenvalue weighted by atomic mass is 16.2. The van der Waals surface area contributed by atoms with Crippen LogP contribution in [0, 0.1) is 0 Å². The maximum Gasteiger partial charge on any atom is 0.254 e. The van der Waals surface area contributed by atoms with Crippen LogP contribution in [0.5, 0.6) is 0 Å². The Bertz CT molecular complexity index is 855. The fraction of sp³-hybridized carbons (Fsp3) is 0.211. The monoisotopic (exact) mass is 318 g/mol. The number of amides is 1. The van der Waals surface area contributed by atoms with Gasteiger partial charge in [-0.15, -0.1) is 0 Å². The van der Waals surface area contributed by atoms with E-state index in [9.17, 15) is 4.79 Å². The predicted octanol–water partition coefficient (Wildman–Crippen LogP) is 3.23. The van der Waals surface area contributed by atoms with E-state index in [0.29, 0.717) is 11.4 Å². The van der Waals surface area contributed by atoms with Crippen molar-refractivity contribution < 1.29 is 4.79 Å². The van der Waals surface area contributed by atoms with E-state index in [1.807, 2.05) is 42.3 Å². The molecule has 1 atom stereocenters. The molecule has 0 bridgehead atoms. The van der Waals surface area contributed by atoms with E-state index in [2.05, 4.69) is 33.4 Å². The minimum Gasteiger partial charge on any atom is -0.335 e.